The summed E-state index contributed by atoms with van der Waals surface area (Å²) >= 11 is 0. The summed E-state index contributed by atoms with van der Waals surface area (Å²) in [6, 6.07) is 7.25. The van der Waals surface area contributed by atoms with Crippen molar-refractivity contribution in [3.63, 3.8) is 0 Å². The molecular weight excluding hydrogens is 316 g/mol. The average Bonchev–Trinajstić information content (AvgIpc) is 3.03. The molecule has 1 unspecified atom stereocenters. The summed E-state index contributed by atoms with van der Waals surface area (Å²) < 4.78 is 1.42. The van der Waals surface area contributed by atoms with Crippen LogP contribution in [0.5, 0.6) is 0 Å². The van der Waals surface area contributed by atoms with Crippen molar-refractivity contribution in [2.45, 2.75) is 6.92 Å². The highest BCUT2D eigenvalue weighted by molar-refractivity contribution is 5.92. The van der Waals surface area contributed by atoms with Crippen LogP contribution in [0.1, 0.15) is 17.4 Å². The maximum atomic E-state index is 12.3. The van der Waals surface area contributed by atoms with Crippen molar-refractivity contribution in [3.05, 3.63) is 52.3 Å². The van der Waals surface area contributed by atoms with Crippen molar-refractivity contribution in [2.24, 2.45) is 5.92 Å². The number of amides is 1. The Bertz CT molecular complexity index is 768. The summed E-state index contributed by atoms with van der Waals surface area (Å²) in [4.78, 5) is 34.5. The molecule has 2 aromatic rings. The summed E-state index contributed by atoms with van der Waals surface area (Å²) in [5.74, 6) is -2.06. The Balaban J connectivity index is 2.13. The number of aromatic nitrogens is 2. The van der Waals surface area contributed by atoms with Crippen molar-refractivity contribution in [3.8, 4) is 5.69 Å². The third-order valence-corrected chi connectivity index (χ3v) is 3.45. The van der Waals surface area contributed by atoms with Gasteiger partial charge in [-0.25, -0.2) is 4.68 Å². The second-order valence-corrected chi connectivity index (χ2v) is 5.34. The van der Waals surface area contributed by atoms with E-state index in [0.29, 0.717) is 5.69 Å². The molecule has 2 rings (SSSR count). The zero-order chi connectivity index (χ0) is 17.9. The highest BCUT2D eigenvalue weighted by Gasteiger charge is 2.20. The molecule has 0 aliphatic carbocycles. The highest BCUT2D eigenvalue weighted by Crippen LogP contribution is 2.15. The van der Waals surface area contributed by atoms with Crippen LogP contribution in [-0.2, 0) is 4.79 Å². The first kappa shape index (κ1) is 17.1. The molecule has 0 spiro atoms. The van der Waals surface area contributed by atoms with Crippen molar-refractivity contribution < 1.29 is 19.6 Å². The molecule has 24 heavy (non-hydrogen) atoms. The van der Waals surface area contributed by atoms with Crippen LogP contribution in [0, 0.1) is 16.0 Å². The molecule has 1 aromatic carbocycles. The molecule has 1 N–H and O–H groups in total. The molecule has 1 heterocycles. The molecule has 0 aliphatic rings. The molecule has 0 saturated heterocycles. The predicted octanol–water partition coefficient (Wildman–Crippen LogP) is 1.57. The molecule has 0 bridgehead atoms. The largest absolute Gasteiger partial charge is 0.481 e. The van der Waals surface area contributed by atoms with Crippen molar-refractivity contribution in [1.82, 2.24) is 14.7 Å². The van der Waals surface area contributed by atoms with Gasteiger partial charge in [-0.05, 0) is 18.2 Å². The van der Waals surface area contributed by atoms with E-state index in [0.717, 1.165) is 0 Å². The Labute approximate surface area is 137 Å². The Morgan fingerprint density at radius 1 is 1.33 bits per heavy atom. The lowest BCUT2D eigenvalue weighted by atomic mass is 10.2. The Morgan fingerprint density at radius 2 is 1.96 bits per heavy atom. The summed E-state index contributed by atoms with van der Waals surface area (Å²) in [6.45, 7) is 1.58. The van der Waals surface area contributed by atoms with Gasteiger partial charge in [-0.2, -0.15) is 5.10 Å². The second-order valence-electron chi connectivity index (χ2n) is 5.34. The lowest BCUT2D eigenvalue weighted by Crippen LogP contribution is -2.34. The molecule has 0 aliphatic heterocycles. The van der Waals surface area contributed by atoms with Crippen LogP contribution in [0.25, 0.3) is 5.69 Å². The van der Waals surface area contributed by atoms with E-state index in [-0.39, 0.29) is 17.9 Å². The van der Waals surface area contributed by atoms with Gasteiger partial charge < -0.3 is 10.0 Å². The fourth-order valence-corrected chi connectivity index (χ4v) is 2.08. The number of non-ortho nitro benzene ring substituents is 1. The number of nitrogens with zero attached hydrogens (tertiary/aromatic N) is 4. The van der Waals surface area contributed by atoms with E-state index in [9.17, 15) is 19.7 Å². The third kappa shape index (κ3) is 3.75. The minimum Gasteiger partial charge on any atom is -0.481 e. The van der Waals surface area contributed by atoms with E-state index in [1.807, 2.05) is 0 Å². The number of nitro benzene ring substituents is 1. The number of carboxylic acids is 1. The number of benzene rings is 1. The number of nitro groups is 1. The van der Waals surface area contributed by atoms with E-state index >= 15 is 0 Å². The number of hydrogen-bond donors (Lipinski definition) is 1. The number of aliphatic carboxylic acids is 1. The van der Waals surface area contributed by atoms with Gasteiger partial charge in [0.15, 0.2) is 5.69 Å². The predicted molar refractivity (Wildman–Crippen MR) is 84.0 cm³/mol. The fraction of sp³-hybridized carbons (Fsp3) is 0.267. The van der Waals surface area contributed by atoms with Gasteiger partial charge in [0, 0.05) is 31.9 Å². The molecule has 0 radical (unpaired) electrons. The van der Waals surface area contributed by atoms with Crippen LogP contribution in [0.3, 0.4) is 0 Å². The lowest BCUT2D eigenvalue weighted by molar-refractivity contribution is -0.384. The van der Waals surface area contributed by atoms with Crippen molar-refractivity contribution in [2.75, 3.05) is 13.6 Å². The average molecular weight is 332 g/mol. The normalized spacial score (nSPS) is 11.8. The number of carbonyl (C=O) groups is 2. The van der Waals surface area contributed by atoms with Gasteiger partial charge in [-0.15, -0.1) is 0 Å². The summed E-state index contributed by atoms with van der Waals surface area (Å²) in [5.41, 5.74) is 0.694. The Morgan fingerprint density at radius 3 is 2.50 bits per heavy atom. The minimum absolute atomic E-state index is 0.0374. The topological polar surface area (TPSA) is 119 Å². The molecular formula is C15H16N4O5. The first-order chi connectivity index (χ1) is 11.3. The maximum Gasteiger partial charge on any atom is 0.308 e. The van der Waals surface area contributed by atoms with E-state index in [1.165, 1.54) is 53.9 Å². The Kier molecular flexibility index (Phi) is 4.93. The molecule has 1 aromatic heterocycles. The monoisotopic (exact) mass is 332 g/mol. The van der Waals surface area contributed by atoms with Gasteiger partial charge in [0.05, 0.1) is 16.5 Å². The van der Waals surface area contributed by atoms with E-state index in [4.69, 9.17) is 5.11 Å². The number of hydrogen-bond acceptors (Lipinski definition) is 5. The maximum absolute atomic E-state index is 12.3. The van der Waals surface area contributed by atoms with Crippen LogP contribution in [0.2, 0.25) is 0 Å². The van der Waals surface area contributed by atoms with Crippen molar-refractivity contribution >= 4 is 17.6 Å². The molecule has 0 saturated carbocycles. The van der Waals surface area contributed by atoms with Gasteiger partial charge >= 0.3 is 5.97 Å². The quantitative estimate of drug-likeness (QED) is 0.633. The molecule has 0 fully saturated rings. The number of carbonyl (C=O) groups excluding carboxylic acids is 1. The standard InChI is InChI=1S/C15H16N4O5/c1-10(15(21)22)9-17(2)14(20)13-7-8-18(16-13)11-3-5-12(6-4-11)19(23)24/h3-8,10H,9H2,1-2H3,(H,21,22). The highest BCUT2D eigenvalue weighted by atomic mass is 16.6. The summed E-state index contributed by atoms with van der Waals surface area (Å²) in [6.07, 6.45) is 1.56. The van der Waals surface area contributed by atoms with Gasteiger partial charge in [-0.1, -0.05) is 6.92 Å². The van der Waals surface area contributed by atoms with E-state index in [2.05, 4.69) is 5.10 Å². The molecule has 1 atom stereocenters. The van der Waals surface area contributed by atoms with Crippen LogP contribution >= 0.6 is 0 Å². The van der Waals surface area contributed by atoms with Gasteiger partial charge in [0.1, 0.15) is 0 Å². The van der Waals surface area contributed by atoms with Gasteiger partial charge in [-0.3, -0.25) is 19.7 Å². The van der Waals surface area contributed by atoms with Crippen LogP contribution in [0.15, 0.2) is 36.5 Å². The van der Waals surface area contributed by atoms with Gasteiger partial charge in [0.25, 0.3) is 11.6 Å². The first-order valence-electron chi connectivity index (χ1n) is 7.08. The molecule has 9 heteroatoms. The molecule has 9 nitrogen and oxygen atoms in total. The third-order valence-electron chi connectivity index (χ3n) is 3.45. The molecule has 1 amide bonds. The second kappa shape index (κ2) is 6.90. The fourth-order valence-electron chi connectivity index (χ4n) is 2.08. The number of rotatable bonds is 6. The van der Waals surface area contributed by atoms with E-state index in [1.54, 1.807) is 6.20 Å². The summed E-state index contributed by atoms with van der Waals surface area (Å²) in [5, 5.41) is 23.7. The zero-order valence-electron chi connectivity index (χ0n) is 13.1. The first-order valence-corrected chi connectivity index (χ1v) is 7.08. The SMILES string of the molecule is CC(CN(C)C(=O)c1ccn(-c2ccc([N+](=O)[O-])cc2)n1)C(=O)O. The van der Waals surface area contributed by atoms with Crippen LogP contribution < -0.4 is 0 Å². The minimum atomic E-state index is -0.981. The van der Waals surface area contributed by atoms with Gasteiger partial charge in [0.2, 0.25) is 0 Å². The number of carboxylic acid groups (broad SMARTS) is 1. The van der Waals surface area contributed by atoms with Crippen LogP contribution in [0.4, 0.5) is 5.69 Å². The van der Waals surface area contributed by atoms with E-state index < -0.39 is 22.7 Å². The van der Waals surface area contributed by atoms with Crippen molar-refractivity contribution in [1.29, 1.82) is 0 Å². The molecule has 126 valence electrons. The lowest BCUT2D eigenvalue weighted by Gasteiger charge is -2.18. The Hall–Kier alpha value is -3.23. The zero-order valence-corrected chi connectivity index (χ0v) is 13.1. The summed E-state index contributed by atoms with van der Waals surface area (Å²) in [7, 11) is 1.51. The smallest absolute Gasteiger partial charge is 0.308 e. The van der Waals surface area contributed by atoms with Crippen LogP contribution in [-0.4, -0.2) is 50.2 Å².